The summed E-state index contributed by atoms with van der Waals surface area (Å²) in [5.74, 6) is -0.626. The molecule has 1 unspecified atom stereocenters. The highest BCUT2D eigenvalue weighted by atomic mass is 35.5. The Morgan fingerprint density at radius 3 is 2.68 bits per heavy atom. The van der Waals surface area contributed by atoms with Crippen LogP contribution in [-0.4, -0.2) is 42.9 Å². The number of hydrogen-bond donors (Lipinski definition) is 1. The molecule has 31 heavy (non-hydrogen) atoms. The normalized spacial score (nSPS) is 19.8. The van der Waals surface area contributed by atoms with Gasteiger partial charge in [0.1, 0.15) is 11.6 Å². The number of hydrogen-bond acceptors (Lipinski definition) is 6. The van der Waals surface area contributed by atoms with Crippen LogP contribution in [0, 0.1) is 0 Å². The lowest BCUT2D eigenvalue weighted by Gasteiger charge is -2.29. The predicted molar refractivity (Wildman–Crippen MR) is 111 cm³/mol. The van der Waals surface area contributed by atoms with Gasteiger partial charge in [-0.2, -0.15) is 0 Å². The molecular formula is C22H21ClN2O6. The minimum atomic E-state index is -1.01. The molecule has 4 rings (SSSR count). The second kappa shape index (κ2) is 8.47. The van der Waals surface area contributed by atoms with E-state index in [1.54, 1.807) is 24.3 Å². The van der Waals surface area contributed by atoms with Gasteiger partial charge in [0, 0.05) is 23.6 Å². The second-order valence-corrected chi connectivity index (χ2v) is 7.59. The van der Waals surface area contributed by atoms with Gasteiger partial charge in [0.25, 0.3) is 0 Å². The van der Waals surface area contributed by atoms with Crippen molar-refractivity contribution >= 4 is 29.4 Å². The van der Waals surface area contributed by atoms with Crippen molar-refractivity contribution in [2.45, 2.75) is 31.7 Å². The van der Waals surface area contributed by atoms with E-state index in [4.69, 9.17) is 25.8 Å². The summed E-state index contributed by atoms with van der Waals surface area (Å²) in [6, 6.07) is 9.71. The molecule has 0 bridgehead atoms. The Hall–Kier alpha value is -3.26. The molecule has 2 aliphatic rings. The molecule has 1 fully saturated rings. The molecule has 2 atom stereocenters. The first-order valence-corrected chi connectivity index (χ1v) is 10.1. The van der Waals surface area contributed by atoms with Gasteiger partial charge in [-0.1, -0.05) is 29.8 Å². The predicted octanol–water partition coefficient (Wildman–Crippen LogP) is 2.83. The molecule has 2 aromatic rings. The summed E-state index contributed by atoms with van der Waals surface area (Å²) in [4.78, 5) is 39.5. The molecule has 2 heterocycles. The third kappa shape index (κ3) is 3.67. The van der Waals surface area contributed by atoms with Crippen molar-refractivity contribution in [1.29, 1.82) is 0 Å². The lowest BCUT2D eigenvalue weighted by atomic mass is 10.1. The molecule has 1 saturated heterocycles. The first-order valence-electron chi connectivity index (χ1n) is 9.74. The Bertz CT molecular complexity index is 1060. The van der Waals surface area contributed by atoms with E-state index >= 15 is 0 Å². The summed E-state index contributed by atoms with van der Waals surface area (Å²) in [6.45, 7) is 0.225. The molecule has 8 nitrogen and oxygen atoms in total. The number of amides is 2. The summed E-state index contributed by atoms with van der Waals surface area (Å²) in [5.41, 5.74) is 1.42. The van der Waals surface area contributed by atoms with Crippen LogP contribution in [0.3, 0.4) is 0 Å². The summed E-state index contributed by atoms with van der Waals surface area (Å²) < 4.78 is 16.1. The van der Waals surface area contributed by atoms with Gasteiger partial charge in [-0.3, -0.25) is 14.5 Å². The van der Waals surface area contributed by atoms with Gasteiger partial charge < -0.3 is 19.5 Å². The molecule has 2 aliphatic heterocycles. The van der Waals surface area contributed by atoms with Crippen LogP contribution in [0.2, 0.25) is 5.02 Å². The number of rotatable bonds is 6. The number of nitrogens with one attached hydrogen (secondary N) is 1. The number of esters is 1. The van der Waals surface area contributed by atoms with Gasteiger partial charge in [-0.25, -0.2) is 4.79 Å². The maximum Gasteiger partial charge on any atom is 0.344 e. The third-order valence-electron chi connectivity index (χ3n) is 5.49. The van der Waals surface area contributed by atoms with Gasteiger partial charge in [0.2, 0.25) is 18.0 Å². The van der Waals surface area contributed by atoms with Crippen LogP contribution in [0.25, 0.3) is 0 Å². The fraction of sp³-hybridized carbons (Fsp3) is 0.318. The van der Waals surface area contributed by atoms with Crippen molar-refractivity contribution in [2.75, 3.05) is 14.2 Å². The molecule has 0 saturated carbocycles. The van der Waals surface area contributed by atoms with Crippen LogP contribution >= 0.6 is 11.6 Å². The van der Waals surface area contributed by atoms with Crippen LogP contribution in [0.4, 0.5) is 0 Å². The van der Waals surface area contributed by atoms with Crippen LogP contribution in [0.5, 0.6) is 11.5 Å². The first-order chi connectivity index (χ1) is 15.0. The maximum atomic E-state index is 12.9. The number of benzene rings is 2. The van der Waals surface area contributed by atoms with Crippen molar-refractivity contribution in [3.8, 4) is 11.5 Å². The van der Waals surface area contributed by atoms with Gasteiger partial charge in [-0.15, -0.1) is 0 Å². The first kappa shape index (κ1) is 21.0. The van der Waals surface area contributed by atoms with E-state index in [0.717, 1.165) is 5.56 Å². The lowest BCUT2D eigenvalue weighted by Crippen LogP contribution is -2.46. The quantitative estimate of drug-likeness (QED) is 0.688. The second-order valence-electron chi connectivity index (χ2n) is 7.19. The molecule has 0 spiro atoms. The van der Waals surface area contributed by atoms with E-state index in [1.165, 1.54) is 19.1 Å². The van der Waals surface area contributed by atoms with Crippen LogP contribution in [-0.2, 0) is 20.9 Å². The van der Waals surface area contributed by atoms with E-state index in [1.807, 2.05) is 12.1 Å². The smallest absolute Gasteiger partial charge is 0.344 e. The molecule has 2 aromatic carbocycles. The average molecular weight is 445 g/mol. The highest BCUT2D eigenvalue weighted by molar-refractivity contribution is 6.31. The third-order valence-corrected chi connectivity index (χ3v) is 5.86. The van der Waals surface area contributed by atoms with Crippen LogP contribution in [0.1, 0.15) is 40.6 Å². The minimum Gasteiger partial charge on any atom is -0.493 e. The average Bonchev–Trinajstić information content (AvgIpc) is 3.31. The number of likely N-dealkylation sites (tertiary alicyclic amines) is 1. The number of carbonyl (C=O) groups excluding carboxylic acids is 3. The zero-order valence-electron chi connectivity index (χ0n) is 17.0. The molecular weight excluding hydrogens is 424 g/mol. The van der Waals surface area contributed by atoms with Gasteiger partial charge >= 0.3 is 5.97 Å². The fourth-order valence-corrected chi connectivity index (χ4v) is 4.19. The molecule has 0 aromatic heterocycles. The molecule has 9 heteroatoms. The largest absolute Gasteiger partial charge is 0.493 e. The zero-order valence-corrected chi connectivity index (χ0v) is 17.8. The van der Waals surface area contributed by atoms with E-state index in [2.05, 4.69) is 5.32 Å². The summed E-state index contributed by atoms with van der Waals surface area (Å²) >= 11 is 6.15. The monoisotopic (exact) mass is 444 g/mol. The van der Waals surface area contributed by atoms with Gasteiger partial charge in [0.15, 0.2) is 11.5 Å². The highest BCUT2D eigenvalue weighted by Crippen LogP contribution is 2.45. The lowest BCUT2D eigenvalue weighted by molar-refractivity contribution is -0.145. The van der Waals surface area contributed by atoms with E-state index in [9.17, 15) is 14.4 Å². The Morgan fingerprint density at radius 1 is 1.19 bits per heavy atom. The van der Waals surface area contributed by atoms with E-state index < -0.39 is 18.2 Å². The van der Waals surface area contributed by atoms with E-state index in [0.29, 0.717) is 22.8 Å². The van der Waals surface area contributed by atoms with Crippen molar-refractivity contribution in [3.63, 3.8) is 0 Å². The molecule has 162 valence electrons. The van der Waals surface area contributed by atoms with Gasteiger partial charge in [0.05, 0.1) is 14.2 Å². The molecule has 0 aliphatic carbocycles. The number of methoxy groups -OCH3 is 2. The Morgan fingerprint density at radius 2 is 1.97 bits per heavy atom. The fourth-order valence-electron chi connectivity index (χ4n) is 3.98. The topological polar surface area (TPSA) is 94.2 Å². The summed E-state index contributed by atoms with van der Waals surface area (Å²) in [7, 11) is 2.89. The van der Waals surface area contributed by atoms with Crippen molar-refractivity contribution in [3.05, 3.63) is 58.1 Å². The van der Waals surface area contributed by atoms with E-state index in [-0.39, 0.29) is 36.1 Å². The number of cyclic esters (lactones) is 1. The van der Waals surface area contributed by atoms with Crippen molar-refractivity contribution in [1.82, 2.24) is 10.2 Å². The van der Waals surface area contributed by atoms with Crippen molar-refractivity contribution < 1.29 is 28.6 Å². The summed E-state index contributed by atoms with van der Waals surface area (Å²) in [6.07, 6.45) is -0.501. The molecule has 0 radical (unpaired) electrons. The number of halogens is 1. The minimum absolute atomic E-state index is 0.181. The molecule has 1 N–H and O–H groups in total. The number of nitrogens with zero attached hydrogens (tertiary/aromatic N) is 1. The molecule has 2 amide bonds. The van der Waals surface area contributed by atoms with Gasteiger partial charge in [-0.05, 0) is 30.2 Å². The Labute approximate surface area is 184 Å². The van der Waals surface area contributed by atoms with Crippen LogP contribution < -0.4 is 14.8 Å². The summed E-state index contributed by atoms with van der Waals surface area (Å²) in [5, 5.41) is 3.37. The maximum absolute atomic E-state index is 12.9. The number of ether oxygens (including phenoxy) is 3. The zero-order chi connectivity index (χ0) is 22.1. The Kier molecular flexibility index (Phi) is 5.73. The van der Waals surface area contributed by atoms with Crippen LogP contribution in [0.15, 0.2) is 36.4 Å². The standard InChI is InChI=1S/C22H21ClN2O6/c1-29-16-9-7-13-18(19(16)30-2)22(28)31-21(13)25-15(8-10-17(25)26)20(27)24-11-12-5-3-4-6-14(12)23/h3-7,9,15,21H,8,10-11H2,1-2H3,(H,24,27)/t15-,21?/m0/s1. The highest BCUT2D eigenvalue weighted by Gasteiger charge is 2.47. The SMILES string of the molecule is COc1ccc2c(c1OC)C(=O)OC2N1C(=O)CC[C@H]1C(=O)NCc1ccccc1Cl. The van der Waals surface area contributed by atoms with Crippen molar-refractivity contribution in [2.24, 2.45) is 0 Å². The number of carbonyl (C=O) groups is 3. The Balaban J connectivity index is 1.59. The number of fused-ring (bicyclic) bond motifs is 1.